The zero-order valence-corrected chi connectivity index (χ0v) is 12.9. The topological polar surface area (TPSA) is 76.7 Å². The lowest BCUT2D eigenvalue weighted by atomic mass is 10.2. The summed E-state index contributed by atoms with van der Waals surface area (Å²) in [6.45, 7) is 4.07. The summed E-state index contributed by atoms with van der Waals surface area (Å²) in [4.78, 5) is 0.136. The van der Waals surface area contributed by atoms with Crippen molar-refractivity contribution in [2.45, 2.75) is 18.4 Å². The van der Waals surface area contributed by atoms with Gasteiger partial charge in [-0.2, -0.15) is 0 Å². The third-order valence-electron chi connectivity index (χ3n) is 2.69. The molecule has 0 unspecified atom stereocenters. The highest BCUT2D eigenvalue weighted by molar-refractivity contribution is 7.89. The predicted molar refractivity (Wildman–Crippen MR) is 77.4 cm³/mol. The van der Waals surface area contributed by atoms with Crippen molar-refractivity contribution in [3.8, 4) is 5.75 Å². The third kappa shape index (κ3) is 4.75. The number of hydrogen-bond donors (Lipinski definition) is 2. The molecule has 0 amide bonds. The molecular formula is C13H22N2O4S. The molecule has 0 aliphatic rings. The quantitative estimate of drug-likeness (QED) is 0.658. The van der Waals surface area contributed by atoms with Gasteiger partial charge in [-0.25, -0.2) is 13.1 Å². The molecule has 0 bridgehead atoms. The Labute approximate surface area is 120 Å². The number of benzene rings is 1. The second-order valence-electron chi connectivity index (χ2n) is 4.16. The number of ether oxygens (including phenoxy) is 2. The Balaban J connectivity index is 2.93. The highest BCUT2D eigenvalue weighted by Crippen LogP contribution is 2.24. The van der Waals surface area contributed by atoms with E-state index in [0.717, 1.165) is 12.1 Å². The van der Waals surface area contributed by atoms with Crippen LogP contribution in [0.15, 0.2) is 23.1 Å². The van der Waals surface area contributed by atoms with E-state index in [-0.39, 0.29) is 11.4 Å². The van der Waals surface area contributed by atoms with Crippen LogP contribution in [0, 0.1) is 0 Å². The van der Waals surface area contributed by atoms with Gasteiger partial charge in [0.25, 0.3) is 0 Å². The van der Waals surface area contributed by atoms with Gasteiger partial charge in [-0.15, -0.1) is 0 Å². The van der Waals surface area contributed by atoms with Gasteiger partial charge in [0.15, 0.2) is 0 Å². The van der Waals surface area contributed by atoms with Gasteiger partial charge < -0.3 is 14.8 Å². The molecule has 1 aromatic rings. The van der Waals surface area contributed by atoms with E-state index in [1.807, 2.05) is 6.92 Å². The van der Waals surface area contributed by atoms with Crippen LogP contribution >= 0.6 is 0 Å². The summed E-state index contributed by atoms with van der Waals surface area (Å²) in [6, 6.07) is 5.06. The Morgan fingerprint density at radius 2 is 2.00 bits per heavy atom. The molecule has 0 aromatic heterocycles. The molecule has 6 nitrogen and oxygen atoms in total. The van der Waals surface area contributed by atoms with Gasteiger partial charge in [-0.1, -0.05) is 13.0 Å². The number of rotatable bonds is 9. The Morgan fingerprint density at radius 3 is 2.60 bits per heavy atom. The lowest BCUT2D eigenvalue weighted by Crippen LogP contribution is -2.27. The predicted octanol–water partition coefficient (Wildman–Crippen LogP) is 0.729. The number of methoxy groups -OCH3 is 2. The van der Waals surface area contributed by atoms with Crippen LogP contribution in [-0.2, 0) is 21.3 Å². The van der Waals surface area contributed by atoms with Crippen LogP contribution in [0.3, 0.4) is 0 Å². The average molecular weight is 302 g/mol. The van der Waals surface area contributed by atoms with E-state index < -0.39 is 10.0 Å². The number of nitrogens with one attached hydrogen (secondary N) is 2. The zero-order chi connectivity index (χ0) is 15.0. The molecule has 0 atom stereocenters. The summed E-state index contributed by atoms with van der Waals surface area (Å²) in [7, 11) is -0.611. The van der Waals surface area contributed by atoms with Crippen molar-refractivity contribution < 1.29 is 17.9 Å². The smallest absolute Gasteiger partial charge is 0.244 e. The lowest BCUT2D eigenvalue weighted by molar-refractivity contribution is 0.204. The van der Waals surface area contributed by atoms with Gasteiger partial charge in [-0.05, 0) is 24.2 Å². The second-order valence-corrected chi connectivity index (χ2v) is 5.89. The van der Waals surface area contributed by atoms with Crippen molar-refractivity contribution in [3.05, 3.63) is 23.8 Å². The summed E-state index contributed by atoms with van der Waals surface area (Å²) in [5.41, 5.74) is 0.972. The molecule has 0 saturated heterocycles. The molecule has 7 heteroatoms. The molecule has 114 valence electrons. The average Bonchev–Trinajstić information content (AvgIpc) is 2.44. The van der Waals surface area contributed by atoms with Crippen molar-refractivity contribution in [2.75, 3.05) is 33.9 Å². The minimum absolute atomic E-state index is 0.136. The Hall–Kier alpha value is -1.15. The van der Waals surface area contributed by atoms with Gasteiger partial charge in [0, 0.05) is 20.2 Å². The molecule has 1 rings (SSSR count). The summed E-state index contributed by atoms with van der Waals surface area (Å²) >= 11 is 0. The maximum atomic E-state index is 12.1. The van der Waals surface area contributed by atoms with Crippen LogP contribution in [0.4, 0.5) is 0 Å². The summed E-state index contributed by atoms with van der Waals surface area (Å²) < 4.78 is 36.8. The molecule has 0 radical (unpaired) electrons. The Morgan fingerprint density at radius 1 is 1.25 bits per heavy atom. The first-order valence-electron chi connectivity index (χ1n) is 6.41. The molecule has 0 aliphatic carbocycles. The summed E-state index contributed by atoms with van der Waals surface area (Å²) in [5, 5.41) is 3.18. The van der Waals surface area contributed by atoms with Crippen molar-refractivity contribution in [1.29, 1.82) is 0 Å². The van der Waals surface area contributed by atoms with Crippen molar-refractivity contribution in [2.24, 2.45) is 0 Å². The summed E-state index contributed by atoms with van der Waals surface area (Å²) in [6.07, 6.45) is 0. The highest BCUT2D eigenvalue weighted by atomic mass is 32.2. The monoisotopic (exact) mass is 302 g/mol. The van der Waals surface area contributed by atoms with Crippen LogP contribution in [0.1, 0.15) is 12.5 Å². The molecule has 0 heterocycles. The van der Waals surface area contributed by atoms with Crippen LogP contribution in [0.2, 0.25) is 0 Å². The molecule has 0 saturated carbocycles. The molecular weight excluding hydrogens is 280 g/mol. The van der Waals surface area contributed by atoms with Crippen molar-refractivity contribution in [3.63, 3.8) is 0 Å². The van der Waals surface area contributed by atoms with Gasteiger partial charge in [0.2, 0.25) is 10.0 Å². The van der Waals surface area contributed by atoms with E-state index in [1.165, 1.54) is 14.2 Å². The van der Waals surface area contributed by atoms with Gasteiger partial charge in [0.1, 0.15) is 10.6 Å². The van der Waals surface area contributed by atoms with E-state index in [1.54, 1.807) is 18.2 Å². The standard InChI is InChI=1S/C13H22N2O4S/c1-4-14-10-11-5-6-13(12(9-11)19-3)20(16,17)15-7-8-18-2/h5-6,9,14-15H,4,7-8,10H2,1-3H3. The van der Waals surface area contributed by atoms with E-state index in [4.69, 9.17) is 9.47 Å². The van der Waals surface area contributed by atoms with Gasteiger partial charge >= 0.3 is 0 Å². The zero-order valence-electron chi connectivity index (χ0n) is 12.1. The molecule has 20 heavy (non-hydrogen) atoms. The molecule has 0 fully saturated rings. The van der Waals surface area contributed by atoms with Gasteiger partial charge in [-0.3, -0.25) is 0 Å². The first-order chi connectivity index (χ1) is 9.55. The molecule has 0 aliphatic heterocycles. The van der Waals surface area contributed by atoms with Crippen LogP contribution in [0.5, 0.6) is 5.75 Å². The fourth-order valence-electron chi connectivity index (χ4n) is 1.67. The largest absolute Gasteiger partial charge is 0.495 e. The van der Waals surface area contributed by atoms with E-state index in [0.29, 0.717) is 18.9 Å². The molecule has 0 spiro atoms. The van der Waals surface area contributed by atoms with Crippen LogP contribution in [-0.4, -0.2) is 42.3 Å². The number of hydrogen-bond acceptors (Lipinski definition) is 5. The fourth-order valence-corrected chi connectivity index (χ4v) is 2.83. The Kier molecular flexibility index (Phi) is 6.94. The maximum Gasteiger partial charge on any atom is 0.244 e. The SMILES string of the molecule is CCNCc1ccc(S(=O)(=O)NCCOC)c(OC)c1. The Bertz CT molecular complexity index is 517. The van der Waals surface area contributed by atoms with Gasteiger partial charge in [0.05, 0.1) is 13.7 Å². The third-order valence-corrected chi connectivity index (χ3v) is 4.20. The highest BCUT2D eigenvalue weighted by Gasteiger charge is 2.19. The normalized spacial score (nSPS) is 11.6. The minimum Gasteiger partial charge on any atom is -0.495 e. The van der Waals surface area contributed by atoms with Crippen LogP contribution < -0.4 is 14.8 Å². The second kappa shape index (κ2) is 8.21. The lowest BCUT2D eigenvalue weighted by Gasteiger charge is -2.12. The minimum atomic E-state index is -3.59. The maximum absolute atomic E-state index is 12.1. The molecule has 2 N–H and O–H groups in total. The van der Waals surface area contributed by atoms with Crippen molar-refractivity contribution >= 4 is 10.0 Å². The summed E-state index contributed by atoms with van der Waals surface area (Å²) in [5.74, 6) is 0.338. The number of sulfonamides is 1. The van der Waals surface area contributed by atoms with Crippen LogP contribution in [0.25, 0.3) is 0 Å². The fraction of sp³-hybridized carbons (Fsp3) is 0.538. The van der Waals surface area contributed by atoms with Crippen molar-refractivity contribution in [1.82, 2.24) is 10.0 Å². The van der Waals surface area contributed by atoms with E-state index in [9.17, 15) is 8.42 Å². The van der Waals surface area contributed by atoms with E-state index >= 15 is 0 Å². The first kappa shape index (κ1) is 16.9. The first-order valence-corrected chi connectivity index (χ1v) is 7.89. The molecule has 1 aromatic carbocycles. The van der Waals surface area contributed by atoms with E-state index in [2.05, 4.69) is 10.0 Å².